The number of anilines is 1. The van der Waals surface area contributed by atoms with Crippen molar-refractivity contribution in [2.24, 2.45) is 0 Å². The Labute approximate surface area is 106 Å². The summed E-state index contributed by atoms with van der Waals surface area (Å²) >= 11 is 0. The van der Waals surface area contributed by atoms with Gasteiger partial charge >= 0.3 is 0 Å². The van der Waals surface area contributed by atoms with Crippen LogP contribution in [0.5, 0.6) is 0 Å². The van der Waals surface area contributed by atoms with Crippen molar-refractivity contribution >= 4 is 5.95 Å². The number of hydrogen-bond donors (Lipinski definition) is 1. The summed E-state index contributed by atoms with van der Waals surface area (Å²) in [6.07, 6.45) is 0. The van der Waals surface area contributed by atoms with Crippen LogP contribution in [0.25, 0.3) is 5.69 Å². The Morgan fingerprint density at radius 1 is 1.28 bits per heavy atom. The fourth-order valence-electron chi connectivity index (χ4n) is 2.23. The van der Waals surface area contributed by atoms with Gasteiger partial charge < -0.3 is 10.2 Å². The first kappa shape index (κ1) is 11.2. The van der Waals surface area contributed by atoms with Crippen LogP contribution in [0.4, 0.5) is 5.95 Å². The van der Waals surface area contributed by atoms with E-state index in [1.807, 2.05) is 30.3 Å². The molecule has 6 nitrogen and oxygen atoms in total. The Kier molecular flexibility index (Phi) is 2.93. The predicted molar refractivity (Wildman–Crippen MR) is 68.8 cm³/mol. The van der Waals surface area contributed by atoms with Gasteiger partial charge in [-0.05, 0) is 29.5 Å². The standard InChI is InChI=1S/C12H16N6/c1-10-9-17(8-7-13-10)12-14-15-16-18(12)11-5-3-2-4-6-11/h2-6,10,13H,7-9H2,1H3/t10-/m1/s1. The lowest BCUT2D eigenvalue weighted by Crippen LogP contribution is -2.50. The molecule has 2 aromatic rings. The van der Waals surface area contributed by atoms with Crippen LogP contribution in [0.2, 0.25) is 0 Å². The third-order valence-electron chi connectivity index (χ3n) is 3.11. The number of piperazine rings is 1. The van der Waals surface area contributed by atoms with Crippen LogP contribution in [0.1, 0.15) is 6.92 Å². The number of hydrogen-bond acceptors (Lipinski definition) is 5. The predicted octanol–water partition coefficient (Wildman–Crippen LogP) is 0.460. The van der Waals surface area contributed by atoms with Crippen LogP contribution >= 0.6 is 0 Å². The van der Waals surface area contributed by atoms with Crippen molar-refractivity contribution in [2.75, 3.05) is 24.5 Å². The molecule has 0 saturated carbocycles. The lowest BCUT2D eigenvalue weighted by molar-refractivity contribution is 0.477. The molecule has 3 rings (SSSR count). The van der Waals surface area contributed by atoms with Gasteiger partial charge in [-0.2, -0.15) is 4.68 Å². The van der Waals surface area contributed by atoms with Crippen molar-refractivity contribution in [1.29, 1.82) is 0 Å². The molecule has 2 heterocycles. The lowest BCUT2D eigenvalue weighted by Gasteiger charge is -2.31. The van der Waals surface area contributed by atoms with E-state index in [-0.39, 0.29) is 0 Å². The summed E-state index contributed by atoms with van der Waals surface area (Å²) in [5.74, 6) is 0.814. The van der Waals surface area contributed by atoms with Crippen LogP contribution in [0, 0.1) is 0 Å². The zero-order valence-electron chi connectivity index (χ0n) is 10.3. The van der Waals surface area contributed by atoms with E-state index in [4.69, 9.17) is 0 Å². The molecule has 1 aliphatic rings. The highest BCUT2D eigenvalue weighted by Crippen LogP contribution is 2.16. The maximum atomic E-state index is 4.15. The molecule has 0 amide bonds. The number of aromatic nitrogens is 4. The first-order chi connectivity index (χ1) is 8.84. The van der Waals surface area contributed by atoms with Gasteiger partial charge in [0.05, 0.1) is 5.69 Å². The van der Waals surface area contributed by atoms with Gasteiger partial charge in [-0.1, -0.05) is 23.3 Å². The molecular weight excluding hydrogens is 228 g/mol. The van der Waals surface area contributed by atoms with Crippen LogP contribution in [-0.4, -0.2) is 45.9 Å². The number of para-hydroxylation sites is 1. The molecule has 1 atom stereocenters. The van der Waals surface area contributed by atoms with Crippen LogP contribution in [0.3, 0.4) is 0 Å². The smallest absolute Gasteiger partial charge is 0.250 e. The van der Waals surface area contributed by atoms with Gasteiger partial charge in [-0.25, -0.2) is 0 Å². The average Bonchev–Trinajstić information content (AvgIpc) is 2.89. The minimum Gasteiger partial charge on any atom is -0.337 e. The van der Waals surface area contributed by atoms with Crippen LogP contribution < -0.4 is 10.2 Å². The minimum atomic E-state index is 0.458. The summed E-state index contributed by atoms with van der Waals surface area (Å²) in [6, 6.07) is 10.4. The van der Waals surface area contributed by atoms with E-state index in [2.05, 4.69) is 32.7 Å². The van der Waals surface area contributed by atoms with E-state index < -0.39 is 0 Å². The van der Waals surface area contributed by atoms with Gasteiger partial charge in [0.15, 0.2) is 0 Å². The second-order valence-electron chi connectivity index (χ2n) is 4.53. The number of benzene rings is 1. The SMILES string of the molecule is C[C@@H]1CN(c2nnnn2-c2ccccc2)CCN1. The van der Waals surface area contributed by atoms with Crippen LogP contribution in [-0.2, 0) is 0 Å². The Morgan fingerprint density at radius 2 is 2.11 bits per heavy atom. The Balaban J connectivity index is 1.92. The molecule has 1 N–H and O–H groups in total. The zero-order valence-corrected chi connectivity index (χ0v) is 10.3. The Bertz CT molecular complexity index is 508. The summed E-state index contributed by atoms with van der Waals surface area (Å²) < 4.78 is 1.79. The van der Waals surface area contributed by atoms with E-state index in [1.54, 1.807) is 4.68 Å². The first-order valence-corrected chi connectivity index (χ1v) is 6.17. The number of rotatable bonds is 2. The van der Waals surface area contributed by atoms with E-state index in [1.165, 1.54) is 0 Å². The molecule has 0 spiro atoms. The molecule has 6 heteroatoms. The zero-order chi connectivity index (χ0) is 12.4. The molecule has 94 valence electrons. The maximum Gasteiger partial charge on any atom is 0.250 e. The van der Waals surface area contributed by atoms with E-state index >= 15 is 0 Å². The Hall–Kier alpha value is -1.95. The highest BCUT2D eigenvalue weighted by Gasteiger charge is 2.21. The molecule has 1 aromatic carbocycles. The number of tetrazole rings is 1. The second-order valence-corrected chi connectivity index (χ2v) is 4.53. The third kappa shape index (κ3) is 2.06. The van der Waals surface area contributed by atoms with Gasteiger partial charge in [0.25, 0.3) is 0 Å². The first-order valence-electron chi connectivity index (χ1n) is 6.17. The average molecular weight is 244 g/mol. The van der Waals surface area contributed by atoms with Crippen LogP contribution in [0.15, 0.2) is 30.3 Å². The van der Waals surface area contributed by atoms with Gasteiger partial charge in [0.1, 0.15) is 0 Å². The van der Waals surface area contributed by atoms with Gasteiger partial charge in [-0.3, -0.25) is 0 Å². The topological polar surface area (TPSA) is 58.9 Å². The van der Waals surface area contributed by atoms with Crippen molar-refractivity contribution in [3.05, 3.63) is 30.3 Å². The lowest BCUT2D eigenvalue weighted by atomic mass is 10.2. The molecule has 1 aliphatic heterocycles. The molecule has 1 fully saturated rings. The number of nitrogens with zero attached hydrogens (tertiary/aromatic N) is 5. The fourth-order valence-corrected chi connectivity index (χ4v) is 2.23. The molecular formula is C12H16N6. The molecule has 0 unspecified atom stereocenters. The van der Waals surface area contributed by atoms with Crippen molar-refractivity contribution in [3.63, 3.8) is 0 Å². The molecule has 1 aromatic heterocycles. The summed E-state index contributed by atoms with van der Waals surface area (Å²) in [5, 5.41) is 15.4. The minimum absolute atomic E-state index is 0.458. The highest BCUT2D eigenvalue weighted by atomic mass is 15.6. The third-order valence-corrected chi connectivity index (χ3v) is 3.11. The maximum absolute atomic E-state index is 4.15. The number of nitrogens with one attached hydrogen (secondary N) is 1. The van der Waals surface area contributed by atoms with E-state index in [0.717, 1.165) is 31.3 Å². The molecule has 18 heavy (non-hydrogen) atoms. The van der Waals surface area contributed by atoms with Crippen molar-refractivity contribution in [2.45, 2.75) is 13.0 Å². The van der Waals surface area contributed by atoms with E-state index in [0.29, 0.717) is 6.04 Å². The van der Waals surface area contributed by atoms with E-state index in [9.17, 15) is 0 Å². The monoisotopic (exact) mass is 244 g/mol. The molecule has 0 radical (unpaired) electrons. The highest BCUT2D eigenvalue weighted by molar-refractivity contribution is 5.41. The van der Waals surface area contributed by atoms with Gasteiger partial charge in [-0.15, -0.1) is 0 Å². The summed E-state index contributed by atoms with van der Waals surface area (Å²) in [7, 11) is 0. The second kappa shape index (κ2) is 4.73. The molecule has 0 aliphatic carbocycles. The van der Waals surface area contributed by atoms with Crippen molar-refractivity contribution in [3.8, 4) is 5.69 Å². The molecule has 1 saturated heterocycles. The fraction of sp³-hybridized carbons (Fsp3) is 0.417. The largest absolute Gasteiger partial charge is 0.337 e. The summed E-state index contributed by atoms with van der Waals surface area (Å²) in [4.78, 5) is 2.22. The van der Waals surface area contributed by atoms with Gasteiger partial charge in [0.2, 0.25) is 5.95 Å². The van der Waals surface area contributed by atoms with Crippen molar-refractivity contribution in [1.82, 2.24) is 25.5 Å². The Morgan fingerprint density at radius 3 is 2.89 bits per heavy atom. The summed E-state index contributed by atoms with van der Waals surface area (Å²) in [5.41, 5.74) is 0.990. The quantitative estimate of drug-likeness (QED) is 0.831. The molecule has 0 bridgehead atoms. The normalized spacial score (nSPS) is 20.1. The van der Waals surface area contributed by atoms with Gasteiger partial charge in [0, 0.05) is 25.7 Å². The summed E-state index contributed by atoms with van der Waals surface area (Å²) in [6.45, 7) is 4.98. The van der Waals surface area contributed by atoms with Crippen molar-refractivity contribution < 1.29 is 0 Å².